The number of hydrogen-bond acceptors (Lipinski definition) is 2. The fourth-order valence-electron chi connectivity index (χ4n) is 1.51. The SMILES string of the molecule is C=CCCC(C)[O-].C=CCCC(C)[O-].C[CH2][Zr+2][C]1=CC=CC1. The molecule has 3 heteroatoms. The molecule has 2 atom stereocenters. The van der Waals surface area contributed by atoms with Gasteiger partial charge >= 0.3 is 62.2 Å². The molecule has 0 radical (unpaired) electrons. The van der Waals surface area contributed by atoms with Crippen molar-refractivity contribution >= 4 is 0 Å². The fourth-order valence-corrected chi connectivity index (χ4v) is 3.80. The second-order valence-corrected chi connectivity index (χ2v) is 9.39. The normalized spacial score (nSPS) is 14.3. The molecule has 2 nitrogen and oxygen atoms in total. The molecule has 0 aromatic heterocycles. The van der Waals surface area contributed by atoms with Crippen molar-refractivity contribution in [3.63, 3.8) is 0 Å². The number of allylic oxidation sites excluding steroid dienone is 6. The van der Waals surface area contributed by atoms with Gasteiger partial charge in [-0.25, -0.2) is 0 Å². The molecule has 0 spiro atoms. The van der Waals surface area contributed by atoms with Crippen molar-refractivity contribution in [2.75, 3.05) is 0 Å². The van der Waals surface area contributed by atoms with E-state index in [1.807, 2.05) is 0 Å². The van der Waals surface area contributed by atoms with Crippen LogP contribution in [-0.2, 0) is 23.2 Å². The summed E-state index contributed by atoms with van der Waals surface area (Å²) < 4.78 is 3.22. The van der Waals surface area contributed by atoms with Crippen LogP contribution < -0.4 is 10.2 Å². The first-order valence-electron chi connectivity index (χ1n) is 8.10. The third-order valence-electron chi connectivity index (χ3n) is 2.73. The van der Waals surface area contributed by atoms with Crippen molar-refractivity contribution in [1.29, 1.82) is 0 Å². The van der Waals surface area contributed by atoms with E-state index < -0.39 is 12.2 Å². The molecule has 0 aromatic carbocycles. The second-order valence-electron chi connectivity index (χ2n) is 5.21. The van der Waals surface area contributed by atoms with Gasteiger partial charge in [-0.15, -0.1) is 25.4 Å². The van der Waals surface area contributed by atoms with Crippen LogP contribution in [0.15, 0.2) is 46.8 Å². The quantitative estimate of drug-likeness (QED) is 0.599. The second kappa shape index (κ2) is 18.8. The molecule has 0 aromatic rings. The summed E-state index contributed by atoms with van der Waals surface area (Å²) in [6.07, 6.45) is 13.9. The molecule has 0 saturated carbocycles. The van der Waals surface area contributed by atoms with Crippen molar-refractivity contribution < 1.29 is 33.4 Å². The van der Waals surface area contributed by atoms with E-state index in [2.05, 4.69) is 38.3 Å². The third kappa shape index (κ3) is 22.1. The van der Waals surface area contributed by atoms with Gasteiger partial charge in [-0.2, -0.15) is 0 Å². The first-order chi connectivity index (χ1) is 10.5. The molecule has 22 heavy (non-hydrogen) atoms. The fraction of sp³-hybridized carbons (Fsp3) is 0.579. The van der Waals surface area contributed by atoms with Gasteiger partial charge in [-0.1, -0.05) is 38.8 Å². The molecule has 0 N–H and O–H groups in total. The summed E-state index contributed by atoms with van der Waals surface area (Å²) in [5, 5.41) is 20.5. The van der Waals surface area contributed by atoms with E-state index in [9.17, 15) is 10.2 Å². The first kappa shape index (κ1) is 24.0. The van der Waals surface area contributed by atoms with Crippen LogP contribution in [0.2, 0.25) is 4.13 Å². The Kier molecular flexibility index (Phi) is 20.5. The van der Waals surface area contributed by atoms with Gasteiger partial charge in [0.2, 0.25) is 0 Å². The van der Waals surface area contributed by atoms with Crippen LogP contribution in [0.4, 0.5) is 0 Å². The van der Waals surface area contributed by atoms with Crippen molar-refractivity contribution in [2.45, 2.75) is 69.2 Å². The van der Waals surface area contributed by atoms with Crippen LogP contribution in [0.25, 0.3) is 0 Å². The predicted octanol–water partition coefficient (Wildman–Crippen LogP) is 3.75. The van der Waals surface area contributed by atoms with Gasteiger partial charge < -0.3 is 10.2 Å². The Hall–Kier alpha value is -0.237. The minimum absolute atomic E-state index is 0.0469. The number of rotatable bonds is 8. The van der Waals surface area contributed by atoms with Gasteiger partial charge in [0.25, 0.3) is 0 Å². The van der Waals surface area contributed by atoms with Gasteiger partial charge in [0.05, 0.1) is 0 Å². The van der Waals surface area contributed by atoms with E-state index in [1.165, 1.54) is 10.5 Å². The molecule has 124 valence electrons. The summed E-state index contributed by atoms with van der Waals surface area (Å²) in [4.78, 5) is 0. The standard InChI is InChI=1S/2C6H11O.C5H5.C2H5.Zr/c2*1-3-4-5-6(2)7;1-2-4-5-3-1;1-2;/h2*3,6H,1,4-5H2,2H3;1-3H,4H2;1H2,2H3;/q2*-1;;;+2. The van der Waals surface area contributed by atoms with Crippen LogP contribution >= 0.6 is 0 Å². The summed E-state index contributed by atoms with van der Waals surface area (Å²) >= 11 is -0.0469. The van der Waals surface area contributed by atoms with Gasteiger partial charge in [-0.3, -0.25) is 0 Å². The topological polar surface area (TPSA) is 46.1 Å². The Morgan fingerprint density at radius 3 is 1.86 bits per heavy atom. The Bertz CT molecular complexity index is 301. The molecular weight excluding hydrogens is 351 g/mol. The Labute approximate surface area is 149 Å². The summed E-state index contributed by atoms with van der Waals surface area (Å²) in [7, 11) is 0. The summed E-state index contributed by atoms with van der Waals surface area (Å²) in [6.45, 7) is 12.6. The average Bonchev–Trinajstić information content (AvgIpc) is 2.97. The molecular formula is C19H32O2Zr. The van der Waals surface area contributed by atoms with Gasteiger partial charge in [0, 0.05) is 0 Å². The minimum atomic E-state index is -0.419. The molecule has 2 unspecified atom stereocenters. The monoisotopic (exact) mass is 382 g/mol. The maximum absolute atomic E-state index is 10.2. The zero-order valence-corrected chi connectivity index (χ0v) is 17.0. The van der Waals surface area contributed by atoms with Crippen LogP contribution in [-0.4, -0.2) is 12.2 Å². The molecule has 1 rings (SSSR count). The number of hydrogen-bond donors (Lipinski definition) is 0. The zero-order chi connectivity index (χ0) is 17.2. The average molecular weight is 384 g/mol. The molecule has 0 saturated heterocycles. The van der Waals surface area contributed by atoms with E-state index in [-0.39, 0.29) is 23.2 Å². The van der Waals surface area contributed by atoms with Crippen molar-refractivity contribution in [1.82, 2.24) is 0 Å². The molecule has 0 fully saturated rings. The summed E-state index contributed by atoms with van der Waals surface area (Å²) in [5.74, 6) is 0. The maximum atomic E-state index is 10.2. The van der Waals surface area contributed by atoms with Crippen molar-refractivity contribution in [3.8, 4) is 0 Å². The third-order valence-corrected chi connectivity index (χ3v) is 5.63. The van der Waals surface area contributed by atoms with Crippen LogP contribution in [0.3, 0.4) is 0 Å². The molecule has 0 bridgehead atoms. The van der Waals surface area contributed by atoms with E-state index in [4.69, 9.17) is 0 Å². The van der Waals surface area contributed by atoms with Crippen molar-refractivity contribution in [2.24, 2.45) is 0 Å². The van der Waals surface area contributed by atoms with Gasteiger partial charge in [-0.05, 0) is 12.8 Å². The Morgan fingerprint density at radius 1 is 1.14 bits per heavy atom. The van der Waals surface area contributed by atoms with E-state index >= 15 is 0 Å². The zero-order valence-electron chi connectivity index (χ0n) is 14.5. The van der Waals surface area contributed by atoms with Crippen LogP contribution in [0, 0.1) is 0 Å². The van der Waals surface area contributed by atoms with E-state index in [1.54, 1.807) is 29.3 Å². The van der Waals surface area contributed by atoms with E-state index in [0.717, 1.165) is 25.7 Å². The molecule has 0 amide bonds. The van der Waals surface area contributed by atoms with Gasteiger partial charge in [0.15, 0.2) is 0 Å². The van der Waals surface area contributed by atoms with Gasteiger partial charge in [0.1, 0.15) is 0 Å². The van der Waals surface area contributed by atoms with Crippen molar-refractivity contribution in [3.05, 3.63) is 46.8 Å². The first-order valence-corrected chi connectivity index (χ1v) is 11.1. The van der Waals surface area contributed by atoms with Crippen LogP contribution in [0.1, 0.15) is 52.9 Å². The molecule has 1 aliphatic rings. The predicted molar refractivity (Wildman–Crippen MR) is 90.1 cm³/mol. The van der Waals surface area contributed by atoms with E-state index in [0.29, 0.717) is 0 Å². The summed E-state index contributed by atoms with van der Waals surface area (Å²) in [6, 6.07) is 0. The molecule has 0 aliphatic heterocycles. The van der Waals surface area contributed by atoms with Crippen LogP contribution in [0.5, 0.6) is 0 Å². The molecule has 1 aliphatic carbocycles. The molecule has 0 heterocycles. The summed E-state index contributed by atoms with van der Waals surface area (Å²) in [5.41, 5.74) is 0. The Balaban J connectivity index is 0. The Morgan fingerprint density at radius 2 is 1.64 bits per heavy atom.